The largest absolute Gasteiger partial charge is 0.302 e. The molecule has 0 saturated heterocycles. The molecule has 4 aromatic rings. The predicted octanol–water partition coefficient (Wildman–Crippen LogP) is 5.81. The van der Waals surface area contributed by atoms with Crippen molar-refractivity contribution in [3.8, 4) is 22.0 Å². The number of aromatic nitrogens is 4. The Morgan fingerprint density at radius 2 is 1.94 bits per heavy atom. The van der Waals surface area contributed by atoms with E-state index >= 15 is 0 Å². The van der Waals surface area contributed by atoms with E-state index in [0.29, 0.717) is 5.13 Å². The van der Waals surface area contributed by atoms with Gasteiger partial charge in [0, 0.05) is 17.5 Å². The highest BCUT2D eigenvalue weighted by Crippen LogP contribution is 2.31. The minimum Gasteiger partial charge on any atom is -0.302 e. The molecule has 0 atom stereocenters. The van der Waals surface area contributed by atoms with Crippen molar-refractivity contribution in [2.24, 2.45) is 0 Å². The lowest BCUT2D eigenvalue weighted by atomic mass is 9.98. The summed E-state index contributed by atoms with van der Waals surface area (Å²) in [7, 11) is 0. The highest BCUT2D eigenvalue weighted by molar-refractivity contribution is 7.99. The standard InChI is InChI=1S/C22H23N5OS3/c1-5-27-20(17-7-6-8-29-17)25-26-22(27)31-12-18(28)24-21-23-16(11-30-21)19-14(3)9-13(2)10-15(19)4/h6-11H,5,12H2,1-4H3,(H,23,24,28). The third-order valence-electron chi connectivity index (χ3n) is 4.79. The van der Waals surface area contributed by atoms with E-state index in [0.717, 1.165) is 33.7 Å². The number of thiophene rings is 1. The van der Waals surface area contributed by atoms with Crippen LogP contribution in [0.4, 0.5) is 5.13 Å². The van der Waals surface area contributed by atoms with Crippen LogP contribution in [-0.2, 0) is 11.3 Å². The number of hydrogen-bond acceptors (Lipinski definition) is 7. The van der Waals surface area contributed by atoms with E-state index < -0.39 is 0 Å². The maximum absolute atomic E-state index is 12.5. The summed E-state index contributed by atoms with van der Waals surface area (Å²) < 4.78 is 2.04. The Morgan fingerprint density at radius 3 is 2.61 bits per heavy atom. The van der Waals surface area contributed by atoms with Gasteiger partial charge in [-0.2, -0.15) is 0 Å². The van der Waals surface area contributed by atoms with Gasteiger partial charge >= 0.3 is 0 Å². The first-order chi connectivity index (χ1) is 15.0. The zero-order valence-corrected chi connectivity index (χ0v) is 20.2. The Kier molecular flexibility index (Phi) is 6.54. The summed E-state index contributed by atoms with van der Waals surface area (Å²) in [5.74, 6) is 0.987. The van der Waals surface area contributed by atoms with Crippen LogP contribution >= 0.6 is 34.4 Å². The molecule has 6 nitrogen and oxygen atoms in total. The van der Waals surface area contributed by atoms with Crippen LogP contribution in [0, 0.1) is 20.8 Å². The third-order valence-corrected chi connectivity index (χ3v) is 7.38. The predicted molar refractivity (Wildman–Crippen MR) is 130 cm³/mol. The van der Waals surface area contributed by atoms with Gasteiger partial charge in [0.2, 0.25) is 5.91 Å². The molecule has 0 aliphatic heterocycles. The highest BCUT2D eigenvalue weighted by atomic mass is 32.2. The number of aryl methyl sites for hydroxylation is 3. The molecule has 1 amide bonds. The van der Waals surface area contributed by atoms with Gasteiger partial charge in [-0.3, -0.25) is 4.79 Å². The van der Waals surface area contributed by atoms with E-state index in [1.165, 1.54) is 39.8 Å². The number of nitrogens with zero attached hydrogens (tertiary/aromatic N) is 4. The number of nitrogens with one attached hydrogen (secondary N) is 1. The van der Waals surface area contributed by atoms with E-state index in [2.05, 4.69) is 60.3 Å². The fraction of sp³-hybridized carbons (Fsp3) is 0.273. The molecular weight excluding hydrogens is 446 g/mol. The van der Waals surface area contributed by atoms with Crippen LogP contribution in [0.1, 0.15) is 23.6 Å². The zero-order chi connectivity index (χ0) is 22.0. The second kappa shape index (κ2) is 9.33. The van der Waals surface area contributed by atoms with Crippen LogP contribution in [0.25, 0.3) is 22.0 Å². The minimum atomic E-state index is -0.105. The van der Waals surface area contributed by atoms with E-state index in [1.54, 1.807) is 11.3 Å². The van der Waals surface area contributed by atoms with Gasteiger partial charge in [-0.25, -0.2) is 4.98 Å². The number of carbonyl (C=O) groups excluding carboxylic acids is 1. The van der Waals surface area contributed by atoms with Crippen molar-refractivity contribution in [2.75, 3.05) is 11.1 Å². The molecule has 4 rings (SSSR count). The second-order valence-electron chi connectivity index (χ2n) is 7.18. The van der Waals surface area contributed by atoms with Crippen LogP contribution in [0.5, 0.6) is 0 Å². The van der Waals surface area contributed by atoms with Crippen molar-refractivity contribution in [3.05, 3.63) is 51.7 Å². The molecular formula is C22H23N5OS3. The monoisotopic (exact) mass is 469 g/mol. The van der Waals surface area contributed by atoms with Gasteiger partial charge in [-0.1, -0.05) is 35.5 Å². The summed E-state index contributed by atoms with van der Waals surface area (Å²) in [6.07, 6.45) is 0. The van der Waals surface area contributed by atoms with Crippen molar-refractivity contribution in [2.45, 2.75) is 39.4 Å². The maximum Gasteiger partial charge on any atom is 0.236 e. The van der Waals surface area contributed by atoms with E-state index in [-0.39, 0.29) is 11.7 Å². The summed E-state index contributed by atoms with van der Waals surface area (Å²) in [5, 5.41) is 16.9. The Balaban J connectivity index is 1.42. The second-order valence-corrected chi connectivity index (χ2v) is 9.92. The number of benzene rings is 1. The SMILES string of the molecule is CCn1c(SCC(=O)Nc2nc(-c3c(C)cc(C)cc3C)cs2)nnc1-c1cccs1. The molecule has 1 N–H and O–H groups in total. The van der Waals surface area contributed by atoms with Gasteiger partial charge in [0.15, 0.2) is 16.1 Å². The summed E-state index contributed by atoms with van der Waals surface area (Å²) in [6.45, 7) is 9.08. The van der Waals surface area contributed by atoms with Crippen molar-refractivity contribution in [3.63, 3.8) is 0 Å². The molecule has 0 saturated carbocycles. The molecule has 1 aromatic carbocycles. The number of rotatable bonds is 7. The molecule has 160 valence electrons. The Morgan fingerprint density at radius 1 is 1.16 bits per heavy atom. The smallest absolute Gasteiger partial charge is 0.236 e. The van der Waals surface area contributed by atoms with Crippen molar-refractivity contribution >= 4 is 45.5 Å². The Bertz CT molecular complexity index is 1190. The highest BCUT2D eigenvalue weighted by Gasteiger charge is 2.16. The van der Waals surface area contributed by atoms with E-state index in [9.17, 15) is 4.79 Å². The number of anilines is 1. The number of thiazole rings is 1. The van der Waals surface area contributed by atoms with Gasteiger partial charge in [0.1, 0.15) is 0 Å². The molecule has 3 aromatic heterocycles. The first-order valence-electron chi connectivity index (χ1n) is 9.89. The summed E-state index contributed by atoms with van der Waals surface area (Å²) in [4.78, 5) is 18.2. The first-order valence-corrected chi connectivity index (χ1v) is 12.6. The van der Waals surface area contributed by atoms with Gasteiger partial charge in [-0.15, -0.1) is 32.9 Å². The Labute approximate surface area is 193 Å². The van der Waals surface area contributed by atoms with Crippen LogP contribution in [0.15, 0.2) is 40.2 Å². The zero-order valence-electron chi connectivity index (χ0n) is 17.8. The van der Waals surface area contributed by atoms with Gasteiger partial charge in [0.25, 0.3) is 0 Å². The fourth-order valence-corrected chi connectivity index (χ4v) is 5.82. The first kappa shape index (κ1) is 21.7. The number of carbonyl (C=O) groups is 1. The number of amides is 1. The maximum atomic E-state index is 12.5. The molecule has 0 aliphatic rings. The summed E-state index contributed by atoms with van der Waals surface area (Å²) in [6, 6.07) is 8.34. The van der Waals surface area contributed by atoms with Crippen LogP contribution in [-0.4, -0.2) is 31.4 Å². The lowest BCUT2D eigenvalue weighted by Crippen LogP contribution is -2.14. The van der Waals surface area contributed by atoms with Gasteiger partial charge in [0.05, 0.1) is 16.3 Å². The van der Waals surface area contributed by atoms with Crippen molar-refractivity contribution in [1.29, 1.82) is 0 Å². The van der Waals surface area contributed by atoms with Crippen LogP contribution in [0.2, 0.25) is 0 Å². The molecule has 0 fully saturated rings. The minimum absolute atomic E-state index is 0.105. The average Bonchev–Trinajstić information content (AvgIpc) is 3.46. The number of thioether (sulfide) groups is 1. The molecule has 0 radical (unpaired) electrons. The molecule has 0 aliphatic carbocycles. The van der Waals surface area contributed by atoms with E-state index in [1.807, 2.05) is 27.5 Å². The lowest BCUT2D eigenvalue weighted by Gasteiger charge is -2.08. The molecule has 0 unspecified atom stereocenters. The van der Waals surface area contributed by atoms with Gasteiger partial charge in [-0.05, 0) is 50.3 Å². The average molecular weight is 470 g/mol. The van der Waals surface area contributed by atoms with Crippen LogP contribution < -0.4 is 5.32 Å². The summed E-state index contributed by atoms with van der Waals surface area (Å²) >= 11 is 4.46. The Hall–Kier alpha value is -2.49. The molecule has 0 spiro atoms. The summed E-state index contributed by atoms with van der Waals surface area (Å²) in [5.41, 5.74) is 5.65. The molecule has 9 heteroatoms. The molecule has 0 bridgehead atoms. The van der Waals surface area contributed by atoms with Gasteiger partial charge < -0.3 is 9.88 Å². The van der Waals surface area contributed by atoms with Crippen molar-refractivity contribution < 1.29 is 4.79 Å². The fourth-order valence-electron chi connectivity index (χ4n) is 3.58. The van der Waals surface area contributed by atoms with Crippen LogP contribution in [0.3, 0.4) is 0 Å². The lowest BCUT2D eigenvalue weighted by molar-refractivity contribution is -0.113. The molecule has 3 heterocycles. The molecule has 31 heavy (non-hydrogen) atoms. The number of hydrogen-bond donors (Lipinski definition) is 1. The quantitative estimate of drug-likeness (QED) is 0.346. The normalized spacial score (nSPS) is 11.1. The van der Waals surface area contributed by atoms with Crippen molar-refractivity contribution in [1.82, 2.24) is 19.7 Å². The topological polar surface area (TPSA) is 72.7 Å². The van der Waals surface area contributed by atoms with E-state index in [4.69, 9.17) is 0 Å². The third kappa shape index (κ3) is 4.73.